The number of hydrogen-bond acceptors (Lipinski definition) is 5. The largest absolute Gasteiger partial charge is 0.329 e. The summed E-state index contributed by atoms with van der Waals surface area (Å²) >= 11 is 0. The third kappa shape index (κ3) is 2.24. The Labute approximate surface area is 114 Å². The molecule has 8 nitrogen and oxygen atoms in total. The van der Waals surface area contributed by atoms with Crippen molar-refractivity contribution in [2.24, 2.45) is 5.73 Å². The van der Waals surface area contributed by atoms with Crippen LogP contribution >= 0.6 is 0 Å². The molecule has 0 spiro atoms. The quantitative estimate of drug-likeness (QED) is 0.634. The average molecular weight is 271 g/mol. The van der Waals surface area contributed by atoms with Gasteiger partial charge < -0.3 is 11.1 Å². The number of nitrogens with two attached hydrogens (primary N) is 1. The van der Waals surface area contributed by atoms with Crippen LogP contribution in [0.3, 0.4) is 0 Å². The van der Waals surface area contributed by atoms with Crippen LogP contribution in [0, 0.1) is 0 Å². The Kier molecular flexibility index (Phi) is 3.13. The van der Waals surface area contributed by atoms with Crippen molar-refractivity contribution < 1.29 is 4.79 Å². The topological polar surface area (TPSA) is 115 Å². The predicted molar refractivity (Wildman–Crippen MR) is 73.1 cm³/mol. The molecule has 0 unspecified atom stereocenters. The second kappa shape index (κ2) is 5.10. The third-order valence-corrected chi connectivity index (χ3v) is 2.85. The molecule has 3 aromatic rings. The average Bonchev–Trinajstić information content (AvgIpc) is 3.08. The van der Waals surface area contributed by atoms with Crippen LogP contribution in [0.2, 0.25) is 0 Å². The molecule has 0 atom stereocenters. The summed E-state index contributed by atoms with van der Waals surface area (Å²) in [5, 5.41) is 18.2. The molecule has 0 fully saturated rings. The monoisotopic (exact) mass is 271 g/mol. The zero-order chi connectivity index (χ0) is 13.9. The molecule has 0 radical (unpaired) electrons. The van der Waals surface area contributed by atoms with Crippen molar-refractivity contribution in [2.75, 3.05) is 11.9 Å². The van der Waals surface area contributed by atoms with E-state index in [-0.39, 0.29) is 11.6 Å². The van der Waals surface area contributed by atoms with Crippen LogP contribution in [0.4, 0.5) is 5.69 Å². The Morgan fingerprint density at radius 3 is 3.20 bits per heavy atom. The molecule has 2 heterocycles. The minimum Gasteiger partial charge on any atom is -0.329 e. The summed E-state index contributed by atoms with van der Waals surface area (Å²) in [6, 6.07) is 5.55. The number of aromatic amines is 1. The van der Waals surface area contributed by atoms with Gasteiger partial charge in [0.05, 0.1) is 30.1 Å². The summed E-state index contributed by atoms with van der Waals surface area (Å²) in [6.45, 7) is 0.967. The number of carbonyl (C=O) groups excluding carboxylic acids is 1. The molecule has 2 aromatic heterocycles. The Balaban J connectivity index is 1.83. The fraction of sp³-hybridized carbons (Fsp3) is 0.167. The first-order valence-electron chi connectivity index (χ1n) is 6.11. The Bertz CT molecular complexity index is 745. The lowest BCUT2D eigenvalue weighted by Gasteiger charge is -2.03. The molecule has 1 aromatic carbocycles. The molecule has 0 saturated heterocycles. The second-order valence-electron chi connectivity index (χ2n) is 4.25. The molecule has 0 aliphatic heterocycles. The van der Waals surface area contributed by atoms with Gasteiger partial charge in [-0.3, -0.25) is 14.6 Å². The van der Waals surface area contributed by atoms with Gasteiger partial charge in [-0.15, -0.1) is 5.10 Å². The molecule has 102 valence electrons. The van der Waals surface area contributed by atoms with Crippen molar-refractivity contribution in [1.82, 2.24) is 25.2 Å². The number of carbonyl (C=O) groups is 1. The molecule has 4 N–H and O–H groups in total. The van der Waals surface area contributed by atoms with E-state index in [9.17, 15) is 4.79 Å². The number of benzene rings is 1. The zero-order valence-corrected chi connectivity index (χ0v) is 10.6. The van der Waals surface area contributed by atoms with E-state index in [2.05, 4.69) is 25.8 Å². The lowest BCUT2D eigenvalue weighted by molar-refractivity contribution is 0.102. The zero-order valence-electron chi connectivity index (χ0n) is 10.6. The van der Waals surface area contributed by atoms with Crippen LogP contribution < -0.4 is 11.1 Å². The first-order valence-corrected chi connectivity index (χ1v) is 6.11. The number of rotatable bonds is 4. The van der Waals surface area contributed by atoms with Crippen LogP contribution in [0.1, 0.15) is 10.5 Å². The van der Waals surface area contributed by atoms with Crippen LogP contribution in [-0.2, 0) is 6.54 Å². The first kappa shape index (κ1) is 12.3. The van der Waals surface area contributed by atoms with E-state index in [4.69, 9.17) is 5.73 Å². The van der Waals surface area contributed by atoms with Gasteiger partial charge >= 0.3 is 0 Å². The summed E-state index contributed by atoms with van der Waals surface area (Å²) in [5.41, 5.74) is 7.09. The third-order valence-electron chi connectivity index (χ3n) is 2.85. The van der Waals surface area contributed by atoms with E-state index in [1.54, 1.807) is 18.5 Å². The SMILES string of the molecule is NCCn1cc(C(=O)Nc2cccc3cn[nH]c23)nn1. The van der Waals surface area contributed by atoms with Crippen LogP contribution in [0.15, 0.2) is 30.6 Å². The number of nitrogens with one attached hydrogen (secondary N) is 2. The number of amides is 1. The lowest BCUT2D eigenvalue weighted by Crippen LogP contribution is -2.13. The van der Waals surface area contributed by atoms with Crippen LogP contribution in [0.25, 0.3) is 10.9 Å². The Morgan fingerprint density at radius 1 is 1.45 bits per heavy atom. The van der Waals surface area contributed by atoms with E-state index in [1.165, 1.54) is 4.68 Å². The van der Waals surface area contributed by atoms with Crippen molar-refractivity contribution in [3.8, 4) is 0 Å². The molecular formula is C12H13N7O. The number of H-pyrrole nitrogens is 1. The minimum absolute atomic E-state index is 0.245. The van der Waals surface area contributed by atoms with Crippen molar-refractivity contribution >= 4 is 22.5 Å². The molecule has 0 saturated carbocycles. The van der Waals surface area contributed by atoms with E-state index in [0.717, 1.165) is 10.9 Å². The first-order chi connectivity index (χ1) is 9.78. The Morgan fingerprint density at radius 2 is 2.35 bits per heavy atom. The van der Waals surface area contributed by atoms with Crippen molar-refractivity contribution in [2.45, 2.75) is 6.54 Å². The van der Waals surface area contributed by atoms with E-state index in [1.807, 2.05) is 12.1 Å². The fourth-order valence-electron chi connectivity index (χ4n) is 1.90. The molecule has 1 amide bonds. The normalized spacial score (nSPS) is 10.8. The molecule has 3 rings (SSSR count). The van der Waals surface area contributed by atoms with Gasteiger partial charge in [0.25, 0.3) is 5.91 Å². The molecule has 0 aliphatic carbocycles. The Hall–Kier alpha value is -2.74. The molecule has 8 heteroatoms. The molecule has 0 aliphatic rings. The number of hydrogen-bond donors (Lipinski definition) is 3. The number of para-hydroxylation sites is 1. The maximum Gasteiger partial charge on any atom is 0.277 e. The number of anilines is 1. The van der Waals surface area contributed by atoms with Gasteiger partial charge in [-0.1, -0.05) is 17.3 Å². The highest BCUT2D eigenvalue weighted by Gasteiger charge is 2.12. The summed E-state index contributed by atoms with van der Waals surface area (Å²) in [5.74, 6) is -0.324. The van der Waals surface area contributed by atoms with Gasteiger partial charge in [0.1, 0.15) is 0 Å². The summed E-state index contributed by atoms with van der Waals surface area (Å²) in [6.07, 6.45) is 3.26. The van der Waals surface area contributed by atoms with Gasteiger partial charge in [-0.25, -0.2) is 0 Å². The lowest BCUT2D eigenvalue weighted by atomic mass is 10.2. The number of aromatic nitrogens is 5. The smallest absolute Gasteiger partial charge is 0.277 e. The summed E-state index contributed by atoms with van der Waals surface area (Å²) in [4.78, 5) is 12.1. The highest BCUT2D eigenvalue weighted by atomic mass is 16.2. The standard InChI is InChI=1S/C12H13N7O/c13-4-5-19-7-10(16-18-19)12(20)15-9-3-1-2-8-6-14-17-11(8)9/h1-3,6-7H,4-5,13H2,(H,14,17)(H,15,20). The van der Waals surface area contributed by atoms with Gasteiger partial charge in [-0.2, -0.15) is 5.10 Å². The van der Waals surface area contributed by atoms with Gasteiger partial charge in [0.15, 0.2) is 5.69 Å². The van der Waals surface area contributed by atoms with Crippen LogP contribution in [-0.4, -0.2) is 37.6 Å². The molecular weight excluding hydrogens is 258 g/mol. The highest BCUT2D eigenvalue weighted by molar-refractivity contribution is 6.07. The van der Waals surface area contributed by atoms with Gasteiger partial charge in [0, 0.05) is 11.9 Å². The van der Waals surface area contributed by atoms with Crippen molar-refractivity contribution in [1.29, 1.82) is 0 Å². The van der Waals surface area contributed by atoms with E-state index >= 15 is 0 Å². The fourth-order valence-corrected chi connectivity index (χ4v) is 1.90. The minimum atomic E-state index is -0.324. The van der Waals surface area contributed by atoms with Gasteiger partial charge in [-0.05, 0) is 6.07 Å². The maximum atomic E-state index is 12.1. The maximum absolute atomic E-state index is 12.1. The number of fused-ring (bicyclic) bond motifs is 1. The van der Waals surface area contributed by atoms with Crippen molar-refractivity contribution in [3.63, 3.8) is 0 Å². The molecule has 0 bridgehead atoms. The highest BCUT2D eigenvalue weighted by Crippen LogP contribution is 2.20. The van der Waals surface area contributed by atoms with Crippen molar-refractivity contribution in [3.05, 3.63) is 36.3 Å². The van der Waals surface area contributed by atoms with Gasteiger partial charge in [0.2, 0.25) is 0 Å². The second-order valence-corrected chi connectivity index (χ2v) is 4.25. The van der Waals surface area contributed by atoms with E-state index < -0.39 is 0 Å². The molecule has 20 heavy (non-hydrogen) atoms. The predicted octanol–water partition coefficient (Wildman–Crippen LogP) is 0.365. The number of nitrogens with zero attached hydrogens (tertiary/aromatic N) is 4. The summed E-state index contributed by atoms with van der Waals surface area (Å²) < 4.78 is 1.53. The summed E-state index contributed by atoms with van der Waals surface area (Å²) in [7, 11) is 0. The van der Waals surface area contributed by atoms with E-state index in [0.29, 0.717) is 18.8 Å². The van der Waals surface area contributed by atoms with Crippen LogP contribution in [0.5, 0.6) is 0 Å².